The van der Waals surface area contributed by atoms with Crippen molar-refractivity contribution >= 4 is 22.6 Å². The lowest BCUT2D eigenvalue weighted by atomic mass is 10.2. The number of pyridine rings is 1. The van der Waals surface area contributed by atoms with Crippen LogP contribution in [0, 0.1) is 0 Å². The van der Waals surface area contributed by atoms with Crippen LogP contribution in [-0.4, -0.2) is 31.8 Å². The van der Waals surface area contributed by atoms with E-state index in [-0.39, 0.29) is 5.91 Å². The number of rotatable bonds is 6. The molecule has 25 heavy (non-hydrogen) atoms. The van der Waals surface area contributed by atoms with E-state index in [2.05, 4.69) is 20.3 Å². The molecule has 3 aromatic heterocycles. The maximum atomic E-state index is 12.0. The van der Waals surface area contributed by atoms with Crippen LogP contribution in [-0.2, 0) is 17.6 Å². The van der Waals surface area contributed by atoms with E-state index in [1.165, 1.54) is 0 Å². The smallest absolute Gasteiger partial charge is 0.220 e. The summed E-state index contributed by atoms with van der Waals surface area (Å²) in [7, 11) is 0. The van der Waals surface area contributed by atoms with Gasteiger partial charge in [-0.3, -0.25) is 4.79 Å². The molecule has 0 unspecified atom stereocenters. The molecule has 0 radical (unpaired) electrons. The van der Waals surface area contributed by atoms with Crippen LogP contribution in [0.25, 0.3) is 16.7 Å². The minimum atomic E-state index is 0.0317. The van der Waals surface area contributed by atoms with E-state index in [0.717, 1.165) is 34.6 Å². The molecule has 0 fully saturated rings. The molecule has 0 aliphatic carbocycles. The minimum absolute atomic E-state index is 0.0317. The molecule has 6 heteroatoms. The molecular weight excluding hydrogens is 314 g/mol. The number of aromatic amines is 1. The number of aromatic nitrogens is 4. The monoisotopic (exact) mass is 333 g/mol. The number of imidazole rings is 2. The zero-order valence-corrected chi connectivity index (χ0v) is 13.8. The van der Waals surface area contributed by atoms with Crippen molar-refractivity contribution in [3.8, 4) is 0 Å². The highest BCUT2D eigenvalue weighted by molar-refractivity contribution is 5.77. The first-order valence-electron chi connectivity index (χ1n) is 8.41. The Balaban J connectivity index is 1.26. The highest BCUT2D eigenvalue weighted by Crippen LogP contribution is 2.11. The van der Waals surface area contributed by atoms with E-state index >= 15 is 0 Å². The summed E-state index contributed by atoms with van der Waals surface area (Å²) in [6, 6.07) is 13.8. The summed E-state index contributed by atoms with van der Waals surface area (Å²) in [6.45, 7) is 0.586. The second kappa shape index (κ2) is 6.76. The highest BCUT2D eigenvalue weighted by atomic mass is 16.1. The number of hydrogen-bond donors (Lipinski definition) is 2. The summed E-state index contributed by atoms with van der Waals surface area (Å²) < 4.78 is 1.98. The average Bonchev–Trinajstić information content (AvgIpc) is 3.23. The number of benzene rings is 1. The number of carbonyl (C=O) groups is 1. The number of para-hydroxylation sites is 2. The van der Waals surface area contributed by atoms with Crippen LogP contribution in [0.15, 0.2) is 54.9 Å². The van der Waals surface area contributed by atoms with E-state index in [1.54, 1.807) is 0 Å². The fourth-order valence-electron chi connectivity index (χ4n) is 2.88. The van der Waals surface area contributed by atoms with Gasteiger partial charge in [0.15, 0.2) is 0 Å². The van der Waals surface area contributed by atoms with E-state index < -0.39 is 0 Å². The molecule has 0 bridgehead atoms. The van der Waals surface area contributed by atoms with Crippen molar-refractivity contribution < 1.29 is 4.79 Å². The Labute approximate surface area is 144 Å². The van der Waals surface area contributed by atoms with E-state index in [9.17, 15) is 4.79 Å². The fourth-order valence-corrected chi connectivity index (χ4v) is 2.88. The predicted molar refractivity (Wildman–Crippen MR) is 96.3 cm³/mol. The highest BCUT2D eigenvalue weighted by Gasteiger charge is 2.07. The van der Waals surface area contributed by atoms with Crippen LogP contribution in [0.5, 0.6) is 0 Å². The van der Waals surface area contributed by atoms with Crippen molar-refractivity contribution in [1.82, 2.24) is 24.7 Å². The van der Waals surface area contributed by atoms with E-state index in [0.29, 0.717) is 19.4 Å². The fraction of sp³-hybridized carbons (Fsp3) is 0.211. The van der Waals surface area contributed by atoms with Gasteiger partial charge < -0.3 is 14.7 Å². The lowest BCUT2D eigenvalue weighted by Gasteiger charge is -2.02. The molecule has 0 aliphatic rings. The second-order valence-electron chi connectivity index (χ2n) is 6.00. The third kappa shape index (κ3) is 3.52. The summed E-state index contributed by atoms with van der Waals surface area (Å²) in [5, 5.41) is 2.95. The molecule has 0 spiro atoms. The largest absolute Gasteiger partial charge is 0.356 e. The Morgan fingerprint density at radius 2 is 1.96 bits per heavy atom. The molecule has 4 aromatic rings. The van der Waals surface area contributed by atoms with Gasteiger partial charge in [0.05, 0.1) is 16.7 Å². The number of carbonyl (C=O) groups excluding carboxylic acids is 1. The molecular formula is C19H19N5O. The molecule has 2 N–H and O–H groups in total. The summed E-state index contributed by atoms with van der Waals surface area (Å²) in [4.78, 5) is 24.3. The van der Waals surface area contributed by atoms with Crippen LogP contribution in [0.2, 0.25) is 0 Å². The van der Waals surface area contributed by atoms with Gasteiger partial charge in [0.2, 0.25) is 5.91 Å². The third-order valence-electron chi connectivity index (χ3n) is 4.14. The molecule has 1 aromatic carbocycles. The quantitative estimate of drug-likeness (QED) is 0.569. The summed E-state index contributed by atoms with van der Waals surface area (Å²) in [6.07, 6.45) is 5.71. The average molecular weight is 333 g/mol. The van der Waals surface area contributed by atoms with Gasteiger partial charge in [-0.15, -0.1) is 0 Å². The third-order valence-corrected chi connectivity index (χ3v) is 4.14. The maximum absolute atomic E-state index is 12.0. The Hall–Kier alpha value is -3.15. The molecule has 1 amide bonds. The molecule has 6 nitrogen and oxygen atoms in total. The second-order valence-corrected chi connectivity index (χ2v) is 6.00. The van der Waals surface area contributed by atoms with Crippen LogP contribution in [0.1, 0.15) is 17.9 Å². The molecule has 0 saturated heterocycles. The minimum Gasteiger partial charge on any atom is -0.356 e. The molecule has 126 valence electrons. The van der Waals surface area contributed by atoms with Crippen LogP contribution in [0.4, 0.5) is 0 Å². The summed E-state index contributed by atoms with van der Waals surface area (Å²) >= 11 is 0. The predicted octanol–water partition coefficient (Wildman–Crippen LogP) is 2.50. The van der Waals surface area contributed by atoms with Crippen molar-refractivity contribution in [2.75, 3.05) is 6.54 Å². The number of nitrogens with one attached hydrogen (secondary N) is 2. The van der Waals surface area contributed by atoms with Gasteiger partial charge in [-0.25, -0.2) is 9.97 Å². The molecule has 0 aliphatic heterocycles. The van der Waals surface area contributed by atoms with Crippen molar-refractivity contribution in [1.29, 1.82) is 0 Å². The van der Waals surface area contributed by atoms with Crippen LogP contribution in [0.3, 0.4) is 0 Å². The number of hydrogen-bond acceptors (Lipinski definition) is 3. The normalized spacial score (nSPS) is 11.2. The first kappa shape index (κ1) is 15.4. The Bertz CT molecular complexity index is 951. The van der Waals surface area contributed by atoms with Crippen molar-refractivity contribution in [3.63, 3.8) is 0 Å². The van der Waals surface area contributed by atoms with Crippen molar-refractivity contribution in [2.24, 2.45) is 0 Å². The SMILES string of the molecule is O=C(CCc1nc2ccccc2[nH]1)NCCc1cn2ccccc2n1. The molecule has 3 heterocycles. The number of aryl methyl sites for hydroxylation is 1. The number of fused-ring (bicyclic) bond motifs is 2. The van der Waals surface area contributed by atoms with Gasteiger partial charge in [0.25, 0.3) is 0 Å². The number of amides is 1. The van der Waals surface area contributed by atoms with Gasteiger partial charge in [-0.2, -0.15) is 0 Å². The van der Waals surface area contributed by atoms with E-state index in [1.807, 2.05) is 59.3 Å². The topological polar surface area (TPSA) is 75.1 Å². The lowest BCUT2D eigenvalue weighted by Crippen LogP contribution is -2.26. The summed E-state index contributed by atoms with van der Waals surface area (Å²) in [5.74, 6) is 0.876. The van der Waals surface area contributed by atoms with Crippen molar-refractivity contribution in [3.05, 3.63) is 66.4 Å². The van der Waals surface area contributed by atoms with Gasteiger partial charge in [0.1, 0.15) is 11.5 Å². The Morgan fingerprint density at radius 3 is 2.84 bits per heavy atom. The molecule has 0 atom stereocenters. The van der Waals surface area contributed by atoms with Gasteiger partial charge >= 0.3 is 0 Å². The van der Waals surface area contributed by atoms with Gasteiger partial charge in [-0.1, -0.05) is 18.2 Å². The first-order chi connectivity index (χ1) is 12.3. The lowest BCUT2D eigenvalue weighted by molar-refractivity contribution is -0.121. The standard InChI is InChI=1S/C19H19N5O/c25-19(9-8-17-22-15-5-1-2-6-16(15)23-17)20-11-10-14-13-24-12-4-3-7-18(24)21-14/h1-7,12-13H,8-11H2,(H,20,25)(H,22,23). The van der Waals surface area contributed by atoms with E-state index in [4.69, 9.17) is 0 Å². The van der Waals surface area contributed by atoms with Gasteiger partial charge in [0, 0.05) is 38.2 Å². The van der Waals surface area contributed by atoms with Crippen molar-refractivity contribution in [2.45, 2.75) is 19.3 Å². The zero-order chi connectivity index (χ0) is 17.1. The maximum Gasteiger partial charge on any atom is 0.220 e. The number of H-pyrrole nitrogens is 1. The Kier molecular flexibility index (Phi) is 4.16. The zero-order valence-electron chi connectivity index (χ0n) is 13.8. The Morgan fingerprint density at radius 1 is 1.08 bits per heavy atom. The molecule has 0 saturated carbocycles. The molecule has 4 rings (SSSR count). The summed E-state index contributed by atoms with van der Waals surface area (Å²) in [5.41, 5.74) is 3.84. The van der Waals surface area contributed by atoms with Gasteiger partial charge in [-0.05, 0) is 24.3 Å². The van der Waals surface area contributed by atoms with Crippen LogP contribution < -0.4 is 5.32 Å². The number of nitrogens with zero attached hydrogens (tertiary/aromatic N) is 3. The van der Waals surface area contributed by atoms with Crippen LogP contribution >= 0.6 is 0 Å². The first-order valence-corrected chi connectivity index (χ1v) is 8.41.